The van der Waals surface area contributed by atoms with Gasteiger partial charge in [0.2, 0.25) is 5.91 Å². The number of methoxy groups -OCH3 is 2. The molecule has 1 aliphatic heterocycles. The number of carbonyl (C=O) groups is 3. The molecule has 0 aliphatic carbocycles. The van der Waals surface area contributed by atoms with E-state index in [0.29, 0.717) is 35.6 Å². The molecule has 0 bridgehead atoms. The van der Waals surface area contributed by atoms with Gasteiger partial charge in [0.15, 0.2) is 11.5 Å². The fraction of sp³-hybridized carbons (Fsp3) is 0.348. The predicted molar refractivity (Wildman–Crippen MR) is 112 cm³/mol. The number of fused-ring (bicyclic) bond motifs is 1. The van der Waals surface area contributed by atoms with Crippen LogP contribution in [-0.2, 0) is 11.2 Å². The van der Waals surface area contributed by atoms with Gasteiger partial charge < -0.3 is 14.8 Å². The Morgan fingerprint density at radius 1 is 0.967 bits per heavy atom. The molecule has 3 amide bonds. The van der Waals surface area contributed by atoms with Gasteiger partial charge in [-0.2, -0.15) is 0 Å². The van der Waals surface area contributed by atoms with E-state index in [2.05, 4.69) is 5.32 Å². The number of benzene rings is 2. The highest BCUT2D eigenvalue weighted by atomic mass is 16.5. The summed E-state index contributed by atoms with van der Waals surface area (Å²) in [6.45, 7) is 4.00. The Labute approximate surface area is 176 Å². The van der Waals surface area contributed by atoms with Gasteiger partial charge in [0.05, 0.1) is 25.3 Å². The molecule has 7 heteroatoms. The summed E-state index contributed by atoms with van der Waals surface area (Å²) in [5, 5.41) is 2.87. The second kappa shape index (κ2) is 8.98. The minimum absolute atomic E-state index is 0.228. The highest BCUT2D eigenvalue weighted by Gasteiger charge is 2.43. The Morgan fingerprint density at radius 2 is 1.57 bits per heavy atom. The Bertz CT molecular complexity index is 935. The van der Waals surface area contributed by atoms with Crippen LogP contribution in [0.25, 0.3) is 0 Å². The van der Waals surface area contributed by atoms with Crippen LogP contribution >= 0.6 is 0 Å². The third kappa shape index (κ3) is 4.01. The molecule has 1 heterocycles. The van der Waals surface area contributed by atoms with Crippen LogP contribution < -0.4 is 14.8 Å². The van der Waals surface area contributed by atoms with Crippen molar-refractivity contribution in [2.45, 2.75) is 26.3 Å². The molecule has 0 fully saturated rings. The summed E-state index contributed by atoms with van der Waals surface area (Å²) in [4.78, 5) is 39.6. The van der Waals surface area contributed by atoms with Crippen molar-refractivity contribution in [2.75, 3.05) is 20.8 Å². The van der Waals surface area contributed by atoms with E-state index in [-0.39, 0.29) is 11.8 Å². The third-order valence-corrected chi connectivity index (χ3v) is 5.16. The first-order valence-corrected chi connectivity index (χ1v) is 9.84. The lowest BCUT2D eigenvalue weighted by molar-refractivity contribution is -0.126. The van der Waals surface area contributed by atoms with Gasteiger partial charge in [0.1, 0.15) is 6.04 Å². The number of rotatable bonds is 8. The molecule has 0 saturated carbocycles. The lowest BCUT2D eigenvalue weighted by Gasteiger charge is -2.28. The maximum atomic E-state index is 12.9. The number of carbonyl (C=O) groups excluding carboxylic acids is 3. The van der Waals surface area contributed by atoms with Crippen molar-refractivity contribution in [1.82, 2.24) is 10.2 Å². The summed E-state index contributed by atoms with van der Waals surface area (Å²) in [6.07, 6.45) is 0.568. The zero-order valence-corrected chi connectivity index (χ0v) is 17.6. The van der Waals surface area contributed by atoms with Crippen LogP contribution in [0.3, 0.4) is 0 Å². The van der Waals surface area contributed by atoms with Crippen LogP contribution in [0, 0.1) is 5.92 Å². The SMILES string of the molecule is COc1ccc(CCNC(=O)C(C(C)C)N2C(=O)c3ccccc3C2=O)cc1OC. The zero-order valence-electron chi connectivity index (χ0n) is 17.6. The van der Waals surface area contributed by atoms with Crippen molar-refractivity contribution in [2.24, 2.45) is 5.92 Å². The van der Waals surface area contributed by atoms with Gasteiger partial charge in [0.25, 0.3) is 11.8 Å². The van der Waals surface area contributed by atoms with Crippen LogP contribution in [0.5, 0.6) is 11.5 Å². The van der Waals surface area contributed by atoms with Crippen LogP contribution in [0.1, 0.15) is 40.1 Å². The summed E-state index contributed by atoms with van der Waals surface area (Å²) in [5.41, 5.74) is 1.65. The fourth-order valence-electron chi connectivity index (χ4n) is 3.65. The normalized spacial score (nSPS) is 14.0. The van der Waals surface area contributed by atoms with Crippen LogP contribution in [-0.4, -0.2) is 49.4 Å². The predicted octanol–water partition coefficient (Wildman–Crippen LogP) is 2.68. The van der Waals surface area contributed by atoms with Crippen LogP contribution in [0.4, 0.5) is 0 Å². The van der Waals surface area contributed by atoms with Crippen LogP contribution in [0.2, 0.25) is 0 Å². The van der Waals surface area contributed by atoms with E-state index in [1.165, 1.54) is 0 Å². The number of hydrogen-bond donors (Lipinski definition) is 1. The molecule has 1 unspecified atom stereocenters. The average Bonchev–Trinajstić information content (AvgIpc) is 2.99. The van der Waals surface area contributed by atoms with Crippen molar-refractivity contribution in [3.8, 4) is 11.5 Å². The van der Waals surface area contributed by atoms with Crippen LogP contribution in [0.15, 0.2) is 42.5 Å². The maximum Gasteiger partial charge on any atom is 0.262 e. The molecule has 1 aliphatic rings. The fourth-order valence-corrected chi connectivity index (χ4v) is 3.65. The van der Waals surface area contributed by atoms with E-state index < -0.39 is 17.9 Å². The van der Waals surface area contributed by atoms with E-state index >= 15 is 0 Å². The van der Waals surface area contributed by atoms with Gasteiger partial charge in [-0.1, -0.05) is 32.0 Å². The highest BCUT2D eigenvalue weighted by Crippen LogP contribution is 2.28. The van der Waals surface area contributed by atoms with E-state index in [1.54, 1.807) is 38.5 Å². The minimum Gasteiger partial charge on any atom is -0.493 e. The summed E-state index contributed by atoms with van der Waals surface area (Å²) >= 11 is 0. The van der Waals surface area contributed by atoms with E-state index in [4.69, 9.17) is 9.47 Å². The largest absolute Gasteiger partial charge is 0.493 e. The average molecular weight is 410 g/mol. The molecule has 2 aromatic carbocycles. The number of nitrogens with one attached hydrogen (secondary N) is 1. The smallest absolute Gasteiger partial charge is 0.262 e. The second-order valence-corrected chi connectivity index (χ2v) is 7.45. The number of imide groups is 1. The summed E-state index contributed by atoms with van der Waals surface area (Å²) in [6, 6.07) is 11.3. The lowest BCUT2D eigenvalue weighted by Crippen LogP contribution is -2.52. The molecule has 1 atom stereocenters. The Hall–Kier alpha value is -3.35. The van der Waals surface area contributed by atoms with Crippen molar-refractivity contribution in [3.63, 3.8) is 0 Å². The molecule has 3 rings (SSSR count). The molecule has 1 N–H and O–H groups in total. The van der Waals surface area contributed by atoms with E-state index in [0.717, 1.165) is 10.5 Å². The van der Waals surface area contributed by atoms with Crippen molar-refractivity contribution in [3.05, 3.63) is 59.2 Å². The summed E-state index contributed by atoms with van der Waals surface area (Å²) in [5.74, 6) is -0.176. The second-order valence-electron chi connectivity index (χ2n) is 7.45. The molecule has 0 aromatic heterocycles. The lowest BCUT2D eigenvalue weighted by atomic mass is 10.0. The number of nitrogens with zero attached hydrogens (tertiary/aromatic N) is 1. The molecule has 0 saturated heterocycles. The standard InChI is InChI=1S/C23H26N2O5/c1-14(2)20(25-22(27)16-7-5-6-8-17(16)23(25)28)21(26)24-12-11-15-9-10-18(29-3)19(13-15)30-4/h5-10,13-14,20H,11-12H2,1-4H3,(H,24,26). The van der Waals surface area contributed by atoms with Gasteiger partial charge in [-0.15, -0.1) is 0 Å². The highest BCUT2D eigenvalue weighted by molar-refractivity contribution is 6.22. The first-order valence-electron chi connectivity index (χ1n) is 9.84. The molecular formula is C23H26N2O5. The third-order valence-electron chi connectivity index (χ3n) is 5.16. The topological polar surface area (TPSA) is 84.9 Å². The summed E-state index contributed by atoms with van der Waals surface area (Å²) in [7, 11) is 3.14. The van der Waals surface area contributed by atoms with Crippen molar-refractivity contribution < 1.29 is 23.9 Å². The number of amides is 3. The Kier molecular flexibility index (Phi) is 6.40. The maximum absolute atomic E-state index is 12.9. The molecule has 2 aromatic rings. The zero-order chi connectivity index (χ0) is 21.8. The molecule has 0 spiro atoms. The Balaban J connectivity index is 1.69. The first kappa shape index (κ1) is 21.4. The van der Waals surface area contributed by atoms with Gasteiger partial charge in [-0.05, 0) is 42.2 Å². The van der Waals surface area contributed by atoms with E-state index in [9.17, 15) is 14.4 Å². The molecular weight excluding hydrogens is 384 g/mol. The number of hydrogen-bond acceptors (Lipinski definition) is 5. The van der Waals surface area contributed by atoms with Gasteiger partial charge >= 0.3 is 0 Å². The van der Waals surface area contributed by atoms with Gasteiger partial charge in [0, 0.05) is 6.54 Å². The molecule has 158 valence electrons. The molecule has 30 heavy (non-hydrogen) atoms. The van der Waals surface area contributed by atoms with Gasteiger partial charge in [-0.25, -0.2) is 0 Å². The van der Waals surface area contributed by atoms with E-state index in [1.807, 2.05) is 32.0 Å². The molecule has 7 nitrogen and oxygen atoms in total. The minimum atomic E-state index is -0.872. The monoisotopic (exact) mass is 410 g/mol. The quantitative estimate of drug-likeness (QED) is 0.677. The molecule has 0 radical (unpaired) electrons. The van der Waals surface area contributed by atoms with Crippen molar-refractivity contribution >= 4 is 17.7 Å². The summed E-state index contributed by atoms with van der Waals surface area (Å²) < 4.78 is 10.5. The first-order chi connectivity index (χ1) is 14.4. The van der Waals surface area contributed by atoms with Gasteiger partial charge in [-0.3, -0.25) is 19.3 Å². The number of ether oxygens (including phenoxy) is 2. The van der Waals surface area contributed by atoms with Crippen molar-refractivity contribution in [1.29, 1.82) is 0 Å². The Morgan fingerprint density at radius 3 is 2.10 bits per heavy atom.